The van der Waals surface area contributed by atoms with Crippen LogP contribution in [0.4, 0.5) is 0 Å². The predicted octanol–water partition coefficient (Wildman–Crippen LogP) is 3.56. The van der Waals surface area contributed by atoms with Gasteiger partial charge in [0, 0.05) is 31.6 Å². The number of aromatic nitrogens is 6. The number of aromatic amines is 1. The van der Waals surface area contributed by atoms with E-state index in [1.54, 1.807) is 24.3 Å². The number of hydrogen-bond acceptors (Lipinski definition) is 8. The molecule has 0 saturated carbocycles. The van der Waals surface area contributed by atoms with Gasteiger partial charge in [-0.05, 0) is 71.1 Å². The Kier molecular flexibility index (Phi) is 7.20. The zero-order chi connectivity index (χ0) is 25.8. The standard InChI is InChI=1S/C27H29N7O3/c1-18-12-19(2)24-21(13-18)14-23(27(35)29-24)25(26-30-31-32-34(26)9-11-36-3)33(17-22-7-5-10-37-22)16-20-6-4-8-28-15-20/h4-8,10,12-15,25H,9,11,16-17H2,1-3H3,(H,29,35)/t25-/m0/s1. The molecule has 4 heterocycles. The Bertz CT molecular complexity index is 1530. The van der Waals surface area contributed by atoms with Crippen LogP contribution in [0, 0.1) is 13.8 Å². The topological polar surface area (TPSA) is 115 Å². The molecule has 0 spiro atoms. The summed E-state index contributed by atoms with van der Waals surface area (Å²) in [7, 11) is 1.63. The largest absolute Gasteiger partial charge is 0.468 e. The van der Waals surface area contributed by atoms with Gasteiger partial charge in [-0.1, -0.05) is 17.7 Å². The summed E-state index contributed by atoms with van der Waals surface area (Å²) in [6.07, 6.45) is 5.20. The Labute approximate surface area is 213 Å². The van der Waals surface area contributed by atoms with E-state index in [1.807, 2.05) is 50.4 Å². The lowest BCUT2D eigenvalue weighted by Gasteiger charge is -2.30. The molecule has 0 aliphatic carbocycles. The third-order valence-electron chi connectivity index (χ3n) is 6.34. The van der Waals surface area contributed by atoms with Crippen LogP contribution in [0.2, 0.25) is 0 Å². The van der Waals surface area contributed by atoms with Gasteiger partial charge in [-0.25, -0.2) is 4.68 Å². The van der Waals surface area contributed by atoms with E-state index in [9.17, 15) is 4.79 Å². The number of methoxy groups -OCH3 is 1. The van der Waals surface area contributed by atoms with Crippen LogP contribution in [0.3, 0.4) is 0 Å². The maximum absolute atomic E-state index is 13.7. The van der Waals surface area contributed by atoms with E-state index >= 15 is 0 Å². The third kappa shape index (κ3) is 5.35. The molecule has 0 saturated heterocycles. The molecule has 0 fully saturated rings. The number of fused-ring (bicyclic) bond motifs is 1. The van der Waals surface area contributed by atoms with Crippen molar-refractivity contribution in [2.75, 3.05) is 13.7 Å². The molecule has 1 atom stereocenters. The lowest BCUT2D eigenvalue weighted by molar-refractivity contribution is 0.163. The van der Waals surface area contributed by atoms with Gasteiger partial charge in [-0.15, -0.1) is 5.10 Å². The zero-order valence-corrected chi connectivity index (χ0v) is 21.1. The first-order valence-electron chi connectivity index (χ1n) is 12.1. The second kappa shape index (κ2) is 10.9. The van der Waals surface area contributed by atoms with Gasteiger partial charge >= 0.3 is 0 Å². The molecular formula is C27H29N7O3. The van der Waals surface area contributed by atoms with Crippen molar-refractivity contribution in [1.29, 1.82) is 0 Å². The van der Waals surface area contributed by atoms with Gasteiger partial charge in [0.05, 0.1) is 31.5 Å². The number of nitrogens with one attached hydrogen (secondary N) is 1. The van der Waals surface area contributed by atoms with Gasteiger partial charge in [0.1, 0.15) is 11.8 Å². The van der Waals surface area contributed by atoms with E-state index in [4.69, 9.17) is 9.15 Å². The fourth-order valence-electron chi connectivity index (χ4n) is 4.72. The summed E-state index contributed by atoms with van der Waals surface area (Å²) >= 11 is 0. The van der Waals surface area contributed by atoms with Crippen LogP contribution < -0.4 is 5.56 Å². The number of pyridine rings is 2. The number of ether oxygens (including phenoxy) is 1. The Morgan fingerprint density at radius 1 is 1.16 bits per heavy atom. The van der Waals surface area contributed by atoms with Crippen molar-refractivity contribution in [3.8, 4) is 0 Å². The molecule has 0 aliphatic rings. The van der Waals surface area contributed by atoms with Crippen molar-refractivity contribution in [2.24, 2.45) is 0 Å². The number of H-pyrrole nitrogens is 1. The summed E-state index contributed by atoms with van der Waals surface area (Å²) in [6, 6.07) is 13.2. The third-order valence-corrected chi connectivity index (χ3v) is 6.34. The minimum Gasteiger partial charge on any atom is -0.468 e. The van der Waals surface area contributed by atoms with Crippen LogP contribution in [0.1, 0.15) is 39.9 Å². The van der Waals surface area contributed by atoms with Gasteiger partial charge in [0.2, 0.25) is 0 Å². The normalized spacial score (nSPS) is 12.4. The number of furan rings is 1. The number of hydrogen-bond donors (Lipinski definition) is 1. The van der Waals surface area contributed by atoms with E-state index in [2.05, 4.69) is 42.5 Å². The highest BCUT2D eigenvalue weighted by molar-refractivity contribution is 5.83. The van der Waals surface area contributed by atoms with E-state index in [1.165, 1.54) is 0 Å². The van der Waals surface area contributed by atoms with Crippen molar-refractivity contribution >= 4 is 10.9 Å². The van der Waals surface area contributed by atoms with Crippen molar-refractivity contribution < 1.29 is 9.15 Å². The molecule has 190 valence electrons. The van der Waals surface area contributed by atoms with Crippen molar-refractivity contribution in [1.82, 2.24) is 35.1 Å². The summed E-state index contributed by atoms with van der Waals surface area (Å²) in [5.74, 6) is 1.30. The Morgan fingerprint density at radius 2 is 2.05 bits per heavy atom. The number of nitrogens with zero attached hydrogens (tertiary/aromatic N) is 6. The molecule has 0 amide bonds. The monoisotopic (exact) mass is 499 g/mol. The molecule has 37 heavy (non-hydrogen) atoms. The average Bonchev–Trinajstić information content (AvgIpc) is 3.57. The Morgan fingerprint density at radius 3 is 2.81 bits per heavy atom. The molecule has 10 heteroatoms. The maximum atomic E-state index is 13.7. The fraction of sp³-hybridized carbons (Fsp3) is 0.296. The van der Waals surface area contributed by atoms with Crippen LogP contribution in [0.15, 0.2) is 70.3 Å². The average molecular weight is 500 g/mol. The van der Waals surface area contributed by atoms with Crippen molar-refractivity contribution in [3.63, 3.8) is 0 Å². The summed E-state index contributed by atoms with van der Waals surface area (Å²) in [6.45, 7) is 5.83. The number of rotatable bonds is 10. The van der Waals surface area contributed by atoms with Crippen LogP contribution in [0.5, 0.6) is 0 Å². The highest BCUT2D eigenvalue weighted by Crippen LogP contribution is 2.30. The van der Waals surface area contributed by atoms with Crippen molar-refractivity contribution in [3.05, 3.63) is 105 Å². The number of tetrazole rings is 1. The minimum absolute atomic E-state index is 0.193. The number of aryl methyl sites for hydroxylation is 2. The Hall–Kier alpha value is -4.15. The SMILES string of the molecule is COCCn1nnnc1[C@H](c1cc2cc(C)cc(C)c2[nH]c1=O)N(Cc1cccnc1)Cc1ccco1. The van der Waals surface area contributed by atoms with Crippen LogP contribution >= 0.6 is 0 Å². The second-order valence-corrected chi connectivity index (χ2v) is 9.10. The molecule has 0 unspecified atom stereocenters. The molecule has 10 nitrogen and oxygen atoms in total. The van der Waals surface area contributed by atoms with Crippen LogP contribution in [-0.4, -0.2) is 48.8 Å². The lowest BCUT2D eigenvalue weighted by atomic mass is 10.00. The first-order chi connectivity index (χ1) is 18.0. The molecule has 4 aromatic heterocycles. The smallest absolute Gasteiger partial charge is 0.253 e. The Balaban J connectivity index is 1.70. The van der Waals surface area contributed by atoms with Gasteiger partial charge in [-0.2, -0.15) is 0 Å². The summed E-state index contributed by atoms with van der Waals surface area (Å²) in [5, 5.41) is 13.5. The first-order valence-corrected chi connectivity index (χ1v) is 12.1. The molecule has 1 N–H and O–H groups in total. The first kappa shape index (κ1) is 24.5. The van der Waals surface area contributed by atoms with Gasteiger partial charge in [-0.3, -0.25) is 14.7 Å². The number of benzene rings is 1. The second-order valence-electron chi connectivity index (χ2n) is 9.10. The molecule has 0 radical (unpaired) electrons. The maximum Gasteiger partial charge on any atom is 0.253 e. The lowest BCUT2D eigenvalue weighted by Crippen LogP contribution is -2.35. The molecule has 0 aliphatic heterocycles. The van der Waals surface area contributed by atoms with Crippen molar-refractivity contribution in [2.45, 2.75) is 39.5 Å². The molecule has 1 aromatic carbocycles. The van der Waals surface area contributed by atoms with Gasteiger partial charge in [0.15, 0.2) is 5.82 Å². The minimum atomic E-state index is -0.578. The predicted molar refractivity (Wildman–Crippen MR) is 138 cm³/mol. The molecule has 5 rings (SSSR count). The zero-order valence-electron chi connectivity index (χ0n) is 21.1. The van der Waals surface area contributed by atoms with Gasteiger partial charge < -0.3 is 14.1 Å². The van der Waals surface area contributed by atoms with Crippen LogP contribution in [-0.2, 0) is 24.4 Å². The summed E-state index contributed by atoms with van der Waals surface area (Å²) < 4.78 is 12.7. The highest BCUT2D eigenvalue weighted by atomic mass is 16.5. The van der Waals surface area contributed by atoms with E-state index in [-0.39, 0.29) is 5.56 Å². The van der Waals surface area contributed by atoms with Gasteiger partial charge in [0.25, 0.3) is 5.56 Å². The van der Waals surface area contributed by atoms with Crippen LogP contribution in [0.25, 0.3) is 10.9 Å². The molecular weight excluding hydrogens is 470 g/mol. The summed E-state index contributed by atoms with van der Waals surface area (Å²) in [4.78, 5) is 23.2. The highest BCUT2D eigenvalue weighted by Gasteiger charge is 2.31. The fourth-order valence-corrected chi connectivity index (χ4v) is 4.72. The van der Waals surface area contributed by atoms with E-state index < -0.39 is 6.04 Å². The summed E-state index contributed by atoms with van der Waals surface area (Å²) in [5.41, 5.74) is 4.29. The molecule has 0 bridgehead atoms. The van der Waals surface area contributed by atoms with E-state index in [0.29, 0.717) is 37.6 Å². The quantitative estimate of drug-likeness (QED) is 0.310. The molecule has 5 aromatic rings. The van der Waals surface area contributed by atoms with E-state index in [0.717, 1.165) is 33.4 Å².